The normalized spacial score (nSPS) is 23.8. The summed E-state index contributed by atoms with van der Waals surface area (Å²) in [5, 5.41) is 3.13. The molecule has 6 heteroatoms. The van der Waals surface area contributed by atoms with Gasteiger partial charge in [-0.15, -0.1) is 0 Å². The van der Waals surface area contributed by atoms with E-state index in [1.807, 2.05) is 12.1 Å². The van der Waals surface area contributed by atoms with Crippen molar-refractivity contribution < 1.29 is 14.3 Å². The lowest BCUT2D eigenvalue weighted by molar-refractivity contribution is -0.179. The number of anilines is 1. The van der Waals surface area contributed by atoms with E-state index in [-0.39, 0.29) is 17.7 Å². The van der Waals surface area contributed by atoms with Crippen LogP contribution in [0.1, 0.15) is 48.9 Å². The van der Waals surface area contributed by atoms with E-state index in [0.717, 1.165) is 44.6 Å². The van der Waals surface area contributed by atoms with Gasteiger partial charge in [0.25, 0.3) is 5.91 Å². The highest BCUT2D eigenvalue weighted by Gasteiger charge is 2.40. The fourth-order valence-electron chi connectivity index (χ4n) is 3.91. The van der Waals surface area contributed by atoms with E-state index in [9.17, 15) is 4.79 Å². The van der Waals surface area contributed by atoms with Crippen LogP contribution in [0.4, 0.5) is 5.82 Å². The van der Waals surface area contributed by atoms with Gasteiger partial charge in [0.2, 0.25) is 0 Å². The van der Waals surface area contributed by atoms with Crippen LogP contribution in [0.5, 0.6) is 0 Å². The number of ether oxygens (including phenoxy) is 2. The second-order valence-electron chi connectivity index (χ2n) is 6.95. The molecule has 3 heterocycles. The van der Waals surface area contributed by atoms with Gasteiger partial charge in [-0.3, -0.25) is 4.79 Å². The van der Waals surface area contributed by atoms with Gasteiger partial charge >= 0.3 is 0 Å². The molecule has 0 bridgehead atoms. The molecule has 1 spiro atoms. The van der Waals surface area contributed by atoms with Crippen LogP contribution in [0.15, 0.2) is 18.3 Å². The Bertz CT molecular complexity index is 568. The van der Waals surface area contributed by atoms with Gasteiger partial charge in [0.1, 0.15) is 5.82 Å². The predicted molar refractivity (Wildman–Crippen MR) is 90.0 cm³/mol. The van der Waals surface area contributed by atoms with Crippen molar-refractivity contribution in [2.75, 3.05) is 31.2 Å². The summed E-state index contributed by atoms with van der Waals surface area (Å²) in [5.74, 6) is 0.559. The average molecular weight is 331 g/mol. The van der Waals surface area contributed by atoms with Crippen molar-refractivity contribution in [1.29, 1.82) is 0 Å². The van der Waals surface area contributed by atoms with Crippen molar-refractivity contribution in [3.8, 4) is 0 Å². The highest BCUT2D eigenvalue weighted by molar-refractivity contribution is 5.94. The molecular weight excluding hydrogens is 306 g/mol. The Morgan fingerprint density at radius 3 is 2.50 bits per heavy atom. The maximum atomic E-state index is 12.4. The number of nitrogens with one attached hydrogen (secondary N) is 1. The topological polar surface area (TPSA) is 63.7 Å². The van der Waals surface area contributed by atoms with E-state index in [0.29, 0.717) is 18.8 Å². The molecule has 6 nitrogen and oxygen atoms in total. The van der Waals surface area contributed by atoms with E-state index in [1.54, 1.807) is 6.20 Å². The minimum absolute atomic E-state index is 0.0373. The second-order valence-corrected chi connectivity index (χ2v) is 6.95. The number of hydrogen-bond donors (Lipinski definition) is 1. The molecule has 0 atom stereocenters. The summed E-state index contributed by atoms with van der Waals surface area (Å²) in [6.45, 7) is 3.50. The Morgan fingerprint density at radius 2 is 1.88 bits per heavy atom. The van der Waals surface area contributed by atoms with Gasteiger partial charge in [-0.2, -0.15) is 0 Å². The molecule has 1 N–H and O–H groups in total. The van der Waals surface area contributed by atoms with Gasteiger partial charge in [-0.1, -0.05) is 0 Å². The molecule has 0 aromatic carbocycles. The molecule has 1 aromatic rings. The summed E-state index contributed by atoms with van der Waals surface area (Å²) in [6.07, 6.45) is 7.63. The van der Waals surface area contributed by atoms with E-state index in [1.165, 1.54) is 12.8 Å². The lowest BCUT2D eigenvalue weighted by atomic mass is 9.90. The molecule has 0 unspecified atom stereocenters. The van der Waals surface area contributed by atoms with Gasteiger partial charge in [-0.05, 0) is 37.8 Å². The molecule has 3 fully saturated rings. The molecule has 0 radical (unpaired) electrons. The summed E-state index contributed by atoms with van der Waals surface area (Å²) in [4.78, 5) is 19.2. The maximum Gasteiger partial charge on any atom is 0.253 e. The second kappa shape index (κ2) is 6.69. The van der Waals surface area contributed by atoms with Gasteiger partial charge in [0, 0.05) is 38.2 Å². The number of nitrogens with zero attached hydrogens (tertiary/aromatic N) is 2. The Labute approximate surface area is 142 Å². The molecular formula is C18H25N3O3. The van der Waals surface area contributed by atoms with Crippen LogP contribution in [0.3, 0.4) is 0 Å². The van der Waals surface area contributed by atoms with Crippen LogP contribution in [-0.4, -0.2) is 49.0 Å². The summed E-state index contributed by atoms with van der Waals surface area (Å²) in [6, 6.07) is 4.02. The number of carbonyl (C=O) groups is 1. The lowest BCUT2D eigenvalue weighted by Gasteiger charge is -2.35. The minimum Gasteiger partial charge on any atom is -0.357 e. The SMILES string of the molecule is O=C(NC1CCC2(CC1)OCCO2)c1ccc(N2CCCC2)nc1. The first-order valence-corrected chi connectivity index (χ1v) is 9.04. The van der Waals surface area contributed by atoms with Gasteiger partial charge in [0.05, 0.1) is 18.8 Å². The smallest absolute Gasteiger partial charge is 0.253 e. The number of hydrogen-bond acceptors (Lipinski definition) is 5. The molecule has 2 saturated heterocycles. The van der Waals surface area contributed by atoms with Crippen molar-refractivity contribution in [3.63, 3.8) is 0 Å². The van der Waals surface area contributed by atoms with E-state index in [2.05, 4.69) is 15.2 Å². The molecule has 130 valence electrons. The van der Waals surface area contributed by atoms with E-state index in [4.69, 9.17) is 9.47 Å². The van der Waals surface area contributed by atoms with Crippen LogP contribution in [0.25, 0.3) is 0 Å². The minimum atomic E-state index is -0.375. The quantitative estimate of drug-likeness (QED) is 0.919. The predicted octanol–water partition coefficient (Wildman–Crippen LogP) is 2.10. The number of pyridine rings is 1. The zero-order chi connectivity index (χ0) is 16.4. The fourth-order valence-corrected chi connectivity index (χ4v) is 3.91. The molecule has 1 saturated carbocycles. The van der Waals surface area contributed by atoms with Crippen molar-refractivity contribution in [1.82, 2.24) is 10.3 Å². The molecule has 1 aromatic heterocycles. The monoisotopic (exact) mass is 331 g/mol. The van der Waals surface area contributed by atoms with Gasteiger partial charge in [-0.25, -0.2) is 4.98 Å². The number of carbonyl (C=O) groups excluding carboxylic acids is 1. The Kier molecular flexibility index (Phi) is 4.41. The number of aromatic nitrogens is 1. The molecule has 1 amide bonds. The maximum absolute atomic E-state index is 12.4. The first kappa shape index (κ1) is 15.8. The third kappa shape index (κ3) is 3.26. The van der Waals surface area contributed by atoms with E-state index < -0.39 is 0 Å². The third-order valence-corrected chi connectivity index (χ3v) is 5.34. The Morgan fingerprint density at radius 1 is 1.17 bits per heavy atom. The van der Waals surface area contributed by atoms with Crippen LogP contribution >= 0.6 is 0 Å². The van der Waals surface area contributed by atoms with Crippen LogP contribution in [0, 0.1) is 0 Å². The van der Waals surface area contributed by atoms with Crippen LogP contribution < -0.4 is 10.2 Å². The first-order valence-electron chi connectivity index (χ1n) is 9.04. The summed E-state index contributed by atoms with van der Waals surface area (Å²) < 4.78 is 11.5. The Balaban J connectivity index is 1.31. The summed E-state index contributed by atoms with van der Waals surface area (Å²) >= 11 is 0. The van der Waals surface area contributed by atoms with Crippen molar-refractivity contribution in [2.24, 2.45) is 0 Å². The summed E-state index contributed by atoms with van der Waals surface area (Å²) in [7, 11) is 0. The highest BCUT2D eigenvalue weighted by Crippen LogP contribution is 2.35. The zero-order valence-electron chi connectivity index (χ0n) is 14.0. The largest absolute Gasteiger partial charge is 0.357 e. The van der Waals surface area contributed by atoms with Crippen LogP contribution in [-0.2, 0) is 9.47 Å². The average Bonchev–Trinajstić information content (AvgIpc) is 3.30. The fraction of sp³-hybridized carbons (Fsp3) is 0.667. The van der Waals surface area contributed by atoms with Gasteiger partial charge in [0.15, 0.2) is 5.79 Å². The number of rotatable bonds is 3. The van der Waals surface area contributed by atoms with E-state index >= 15 is 0 Å². The molecule has 2 aliphatic heterocycles. The third-order valence-electron chi connectivity index (χ3n) is 5.34. The first-order chi connectivity index (χ1) is 11.7. The van der Waals surface area contributed by atoms with Crippen molar-refractivity contribution in [3.05, 3.63) is 23.9 Å². The van der Waals surface area contributed by atoms with Crippen molar-refractivity contribution in [2.45, 2.75) is 50.4 Å². The Hall–Kier alpha value is -1.66. The van der Waals surface area contributed by atoms with Crippen LogP contribution in [0.2, 0.25) is 0 Å². The molecule has 4 rings (SSSR count). The number of amides is 1. The standard InChI is InChI=1S/C18H25N3O3/c22-17(14-3-4-16(19-13-14)21-9-1-2-10-21)20-15-5-7-18(8-6-15)23-11-12-24-18/h3-4,13,15H,1-2,5-12H2,(H,20,22). The zero-order valence-corrected chi connectivity index (χ0v) is 14.0. The molecule has 24 heavy (non-hydrogen) atoms. The highest BCUT2D eigenvalue weighted by atomic mass is 16.7. The van der Waals surface area contributed by atoms with Gasteiger partial charge < -0.3 is 19.7 Å². The van der Waals surface area contributed by atoms with Crippen molar-refractivity contribution >= 4 is 11.7 Å². The summed E-state index contributed by atoms with van der Waals surface area (Å²) in [5.41, 5.74) is 0.631. The molecule has 3 aliphatic rings. The molecule has 1 aliphatic carbocycles. The lowest BCUT2D eigenvalue weighted by Crippen LogP contribution is -2.44.